The zero-order valence-electron chi connectivity index (χ0n) is 15.2. The van der Waals surface area contributed by atoms with Crippen LogP contribution in [-0.2, 0) is 11.3 Å². The van der Waals surface area contributed by atoms with E-state index in [4.69, 9.17) is 0 Å². The van der Waals surface area contributed by atoms with Crippen LogP contribution in [0.4, 0.5) is 0 Å². The smallest absolute Gasteiger partial charge is 0.169 e. The van der Waals surface area contributed by atoms with Crippen LogP contribution in [0.1, 0.15) is 27.7 Å². The van der Waals surface area contributed by atoms with E-state index in [0.29, 0.717) is 0 Å². The van der Waals surface area contributed by atoms with Gasteiger partial charge in [-0.1, -0.05) is 34.7 Å². The predicted molar refractivity (Wildman–Crippen MR) is 98.6 cm³/mol. The Morgan fingerprint density at radius 3 is 1.46 bits per heavy atom. The Hall–Kier alpha value is -3.16. The summed E-state index contributed by atoms with van der Waals surface area (Å²) >= 11 is 0. The third-order valence-electron chi connectivity index (χ3n) is 4.28. The molecule has 4 aromatic rings. The Labute approximate surface area is 150 Å². The summed E-state index contributed by atoms with van der Waals surface area (Å²) in [6.07, 6.45) is 0. The summed E-state index contributed by atoms with van der Waals surface area (Å²) in [5.74, 6) is 0. The molecule has 8 heteroatoms. The minimum absolute atomic E-state index is 0.691. The van der Waals surface area contributed by atoms with Crippen molar-refractivity contribution in [1.29, 1.82) is 0 Å². The molecule has 26 heavy (non-hydrogen) atoms. The largest absolute Gasteiger partial charge is 0.216 e. The number of hydrogen-bond donors (Lipinski definition) is 0. The molecule has 0 aliphatic heterocycles. The van der Waals surface area contributed by atoms with Crippen LogP contribution in [0.5, 0.6) is 0 Å². The zero-order valence-corrected chi connectivity index (χ0v) is 15.2. The molecular formula is C18H20N8. The third-order valence-corrected chi connectivity index (χ3v) is 4.28. The maximum Gasteiger partial charge on any atom is 0.169 e. The lowest BCUT2D eigenvalue weighted by molar-refractivity contribution is 0.261. The van der Waals surface area contributed by atoms with E-state index < -0.39 is 11.3 Å². The van der Waals surface area contributed by atoms with Crippen molar-refractivity contribution in [2.75, 3.05) is 0 Å². The number of nitrogens with zero attached hydrogens (tertiary/aromatic N) is 8. The fourth-order valence-corrected chi connectivity index (χ4v) is 2.88. The van der Waals surface area contributed by atoms with Gasteiger partial charge in [0.15, 0.2) is 11.3 Å². The minimum atomic E-state index is -0.691. The molecule has 0 aliphatic carbocycles. The van der Waals surface area contributed by atoms with Gasteiger partial charge in [-0.2, -0.15) is 10.2 Å². The van der Waals surface area contributed by atoms with Gasteiger partial charge in [-0.15, -0.1) is 10.2 Å². The summed E-state index contributed by atoms with van der Waals surface area (Å²) in [4.78, 5) is 0. The zero-order chi connectivity index (χ0) is 18.4. The first kappa shape index (κ1) is 16.3. The highest BCUT2D eigenvalue weighted by atomic mass is 15.5. The Kier molecular flexibility index (Phi) is 3.57. The average molecular weight is 348 g/mol. The average Bonchev–Trinajstić information content (AvgIpc) is 3.25. The summed E-state index contributed by atoms with van der Waals surface area (Å²) in [5, 5.41) is 26.1. The number of para-hydroxylation sites is 2. The minimum Gasteiger partial charge on any atom is -0.216 e. The van der Waals surface area contributed by atoms with Crippen LogP contribution in [0.15, 0.2) is 58.8 Å². The van der Waals surface area contributed by atoms with E-state index in [1.165, 1.54) is 0 Å². The van der Waals surface area contributed by atoms with E-state index in [1.807, 2.05) is 76.2 Å². The Bertz CT molecular complexity index is 1010. The van der Waals surface area contributed by atoms with Crippen molar-refractivity contribution in [3.05, 3.63) is 48.5 Å². The number of hydrogen-bond acceptors (Lipinski definition) is 6. The molecule has 8 nitrogen and oxygen atoms in total. The van der Waals surface area contributed by atoms with Gasteiger partial charge in [-0.3, -0.25) is 0 Å². The number of rotatable bonds is 4. The number of fused-ring (bicyclic) bond motifs is 2. The Morgan fingerprint density at radius 1 is 0.654 bits per heavy atom. The maximum atomic E-state index is 4.58. The highest BCUT2D eigenvalue weighted by Crippen LogP contribution is 2.27. The standard InChI is InChI=1S/C18H20N8/c1-17(2,25-15-11-7-5-9-13(15)19-23-25)21-22-18(3,4)26-16-12-8-6-10-14(16)20-24-26/h5-12H,1-4H3/b22-21+. The van der Waals surface area contributed by atoms with E-state index >= 15 is 0 Å². The predicted octanol–water partition coefficient (Wildman–Crippen LogP) is 3.71. The molecule has 132 valence electrons. The molecule has 0 saturated heterocycles. The van der Waals surface area contributed by atoms with Crippen LogP contribution in [0.3, 0.4) is 0 Å². The summed E-state index contributed by atoms with van der Waals surface area (Å²) in [6, 6.07) is 15.6. The first-order valence-corrected chi connectivity index (χ1v) is 8.44. The Balaban J connectivity index is 1.71. The highest BCUT2D eigenvalue weighted by molar-refractivity contribution is 5.74. The highest BCUT2D eigenvalue weighted by Gasteiger charge is 2.28. The van der Waals surface area contributed by atoms with Crippen molar-refractivity contribution in [3.8, 4) is 0 Å². The van der Waals surface area contributed by atoms with Gasteiger partial charge >= 0.3 is 0 Å². The fourth-order valence-electron chi connectivity index (χ4n) is 2.88. The third kappa shape index (κ3) is 2.63. The molecule has 2 aromatic carbocycles. The number of azo groups is 1. The molecule has 0 saturated carbocycles. The maximum absolute atomic E-state index is 4.58. The van der Waals surface area contributed by atoms with E-state index in [2.05, 4.69) is 30.9 Å². The van der Waals surface area contributed by atoms with Crippen molar-refractivity contribution in [2.24, 2.45) is 10.2 Å². The van der Waals surface area contributed by atoms with Gasteiger partial charge in [0.1, 0.15) is 11.0 Å². The van der Waals surface area contributed by atoms with E-state index in [9.17, 15) is 0 Å². The first-order chi connectivity index (χ1) is 12.4. The summed E-state index contributed by atoms with van der Waals surface area (Å²) < 4.78 is 3.56. The van der Waals surface area contributed by atoms with Crippen molar-refractivity contribution in [2.45, 2.75) is 39.0 Å². The molecule has 0 amide bonds. The molecule has 0 N–H and O–H groups in total. The van der Waals surface area contributed by atoms with E-state index in [0.717, 1.165) is 22.1 Å². The molecule has 0 unspecified atom stereocenters. The lowest BCUT2D eigenvalue weighted by Crippen LogP contribution is -2.29. The van der Waals surface area contributed by atoms with Crippen LogP contribution in [-0.4, -0.2) is 30.0 Å². The molecule has 0 radical (unpaired) electrons. The van der Waals surface area contributed by atoms with Gasteiger partial charge in [0.25, 0.3) is 0 Å². The van der Waals surface area contributed by atoms with Crippen LogP contribution in [0.2, 0.25) is 0 Å². The van der Waals surface area contributed by atoms with Crippen LogP contribution in [0, 0.1) is 0 Å². The van der Waals surface area contributed by atoms with Gasteiger partial charge in [0, 0.05) is 0 Å². The van der Waals surface area contributed by atoms with Gasteiger partial charge in [-0.25, -0.2) is 9.36 Å². The topological polar surface area (TPSA) is 86.1 Å². The molecule has 0 atom stereocenters. The fraction of sp³-hybridized carbons (Fsp3) is 0.333. The second-order valence-electron chi connectivity index (χ2n) is 7.17. The molecule has 2 heterocycles. The van der Waals surface area contributed by atoms with Crippen LogP contribution in [0.25, 0.3) is 22.1 Å². The van der Waals surface area contributed by atoms with Crippen LogP contribution >= 0.6 is 0 Å². The van der Waals surface area contributed by atoms with Gasteiger partial charge in [-0.05, 0) is 52.0 Å². The lowest BCUT2D eigenvalue weighted by atomic mass is 10.2. The van der Waals surface area contributed by atoms with Crippen molar-refractivity contribution < 1.29 is 0 Å². The quantitative estimate of drug-likeness (QED) is 0.526. The second kappa shape index (κ2) is 5.69. The number of benzene rings is 2. The molecule has 0 fully saturated rings. The molecular weight excluding hydrogens is 328 g/mol. The normalized spacial score (nSPS) is 13.2. The van der Waals surface area contributed by atoms with E-state index in [-0.39, 0.29) is 0 Å². The summed E-state index contributed by atoms with van der Waals surface area (Å²) in [6.45, 7) is 7.81. The summed E-state index contributed by atoms with van der Waals surface area (Å²) in [7, 11) is 0. The Morgan fingerprint density at radius 2 is 1.04 bits per heavy atom. The number of aromatic nitrogens is 6. The van der Waals surface area contributed by atoms with Gasteiger partial charge in [0.05, 0.1) is 11.0 Å². The SMILES string of the molecule is CC(C)(/N=N/C(C)(C)n1nnc2ccccc21)n1nnc2ccccc21. The van der Waals surface area contributed by atoms with E-state index in [1.54, 1.807) is 9.36 Å². The molecule has 4 rings (SSSR count). The lowest BCUT2D eigenvalue weighted by Gasteiger charge is -2.24. The summed E-state index contributed by atoms with van der Waals surface area (Å²) in [5.41, 5.74) is 2.11. The molecule has 2 aromatic heterocycles. The molecule has 0 aliphatic rings. The van der Waals surface area contributed by atoms with Crippen molar-refractivity contribution in [3.63, 3.8) is 0 Å². The van der Waals surface area contributed by atoms with Gasteiger partial charge in [0.2, 0.25) is 0 Å². The molecule has 0 bridgehead atoms. The van der Waals surface area contributed by atoms with Crippen molar-refractivity contribution >= 4 is 22.1 Å². The van der Waals surface area contributed by atoms with Crippen LogP contribution < -0.4 is 0 Å². The second-order valence-corrected chi connectivity index (χ2v) is 7.17. The molecule has 0 spiro atoms. The van der Waals surface area contributed by atoms with Crippen molar-refractivity contribution in [1.82, 2.24) is 30.0 Å². The van der Waals surface area contributed by atoms with Gasteiger partial charge < -0.3 is 0 Å². The monoisotopic (exact) mass is 348 g/mol. The first-order valence-electron chi connectivity index (χ1n) is 8.44.